The van der Waals surface area contributed by atoms with Gasteiger partial charge in [-0.15, -0.1) is 0 Å². The second kappa shape index (κ2) is 7.91. The first kappa shape index (κ1) is 18.5. The number of benzene rings is 2. The van der Waals surface area contributed by atoms with Gasteiger partial charge in [-0.25, -0.2) is 0 Å². The number of ether oxygens (including phenoxy) is 1. The minimum atomic E-state index is -0.105. The van der Waals surface area contributed by atoms with Gasteiger partial charge >= 0.3 is 0 Å². The van der Waals surface area contributed by atoms with Gasteiger partial charge in [-0.1, -0.05) is 69.7 Å². The highest BCUT2D eigenvalue weighted by Gasteiger charge is 2.29. The van der Waals surface area contributed by atoms with Crippen molar-refractivity contribution in [3.05, 3.63) is 68.0 Å². The van der Waals surface area contributed by atoms with Crippen LogP contribution in [0.4, 0.5) is 0 Å². The van der Waals surface area contributed by atoms with E-state index < -0.39 is 0 Å². The van der Waals surface area contributed by atoms with Gasteiger partial charge in [-0.05, 0) is 30.3 Å². The number of rotatable bonds is 4. The van der Waals surface area contributed by atoms with Gasteiger partial charge in [-0.3, -0.25) is 9.69 Å². The molecule has 0 N–H and O–H groups in total. The SMILES string of the molecule is CN1C(=O)/C(=C/c2cc(Br)ccc2OCc2ccccc2Cl)SC1=S. The van der Waals surface area contributed by atoms with Crippen LogP contribution in [0.15, 0.2) is 51.8 Å². The summed E-state index contributed by atoms with van der Waals surface area (Å²) >= 11 is 16.1. The number of carbonyl (C=O) groups excluding carboxylic acids is 1. The fraction of sp³-hybridized carbons (Fsp3) is 0.111. The molecule has 2 aromatic rings. The molecule has 128 valence electrons. The smallest absolute Gasteiger partial charge is 0.265 e. The van der Waals surface area contributed by atoms with Gasteiger partial charge < -0.3 is 4.74 Å². The second-order valence-corrected chi connectivity index (χ2v) is 8.30. The third kappa shape index (κ3) is 4.26. The van der Waals surface area contributed by atoms with Gasteiger partial charge in [0.25, 0.3) is 5.91 Å². The van der Waals surface area contributed by atoms with Crippen molar-refractivity contribution in [2.75, 3.05) is 7.05 Å². The van der Waals surface area contributed by atoms with E-state index in [9.17, 15) is 4.79 Å². The number of thiocarbonyl (C=S) groups is 1. The fourth-order valence-electron chi connectivity index (χ4n) is 2.22. The van der Waals surface area contributed by atoms with E-state index in [1.807, 2.05) is 42.5 Å². The fourth-order valence-corrected chi connectivity index (χ4v) is 3.96. The number of carbonyl (C=O) groups is 1. The predicted octanol–water partition coefficient (Wildman–Crippen LogP) is 5.51. The summed E-state index contributed by atoms with van der Waals surface area (Å²) in [6, 6.07) is 13.2. The largest absolute Gasteiger partial charge is 0.488 e. The van der Waals surface area contributed by atoms with Crippen LogP contribution in [0.2, 0.25) is 5.02 Å². The monoisotopic (exact) mass is 453 g/mol. The quantitative estimate of drug-likeness (QED) is 0.450. The van der Waals surface area contributed by atoms with E-state index in [0.29, 0.717) is 26.6 Å². The standard InChI is InChI=1S/C18H13BrClNO2S2/c1-21-17(22)16(25-18(21)24)9-12-8-13(19)6-7-15(12)23-10-11-4-2-3-5-14(11)20/h2-9H,10H2,1H3/b16-9-. The molecule has 0 unspecified atom stereocenters. The average Bonchev–Trinajstić information content (AvgIpc) is 2.82. The van der Waals surface area contributed by atoms with Crippen molar-refractivity contribution in [2.24, 2.45) is 0 Å². The molecule has 25 heavy (non-hydrogen) atoms. The molecule has 0 aliphatic carbocycles. The van der Waals surface area contributed by atoms with Crippen LogP contribution >= 0.6 is 51.5 Å². The number of thioether (sulfide) groups is 1. The highest BCUT2D eigenvalue weighted by atomic mass is 79.9. The van der Waals surface area contributed by atoms with Crippen molar-refractivity contribution in [3.8, 4) is 5.75 Å². The molecule has 2 aromatic carbocycles. The van der Waals surface area contributed by atoms with Crippen LogP contribution in [0.5, 0.6) is 5.75 Å². The molecule has 3 rings (SSSR count). The molecule has 7 heteroatoms. The number of hydrogen-bond donors (Lipinski definition) is 0. The molecule has 0 aromatic heterocycles. The Bertz CT molecular complexity index is 885. The summed E-state index contributed by atoms with van der Waals surface area (Å²) in [5.41, 5.74) is 1.70. The summed E-state index contributed by atoms with van der Waals surface area (Å²) in [7, 11) is 1.67. The molecule has 1 fully saturated rings. The highest BCUT2D eigenvalue weighted by Crippen LogP contribution is 2.34. The summed E-state index contributed by atoms with van der Waals surface area (Å²) in [4.78, 5) is 14.3. The maximum absolute atomic E-state index is 12.2. The molecule has 1 heterocycles. The lowest BCUT2D eigenvalue weighted by Crippen LogP contribution is -2.22. The van der Waals surface area contributed by atoms with E-state index in [-0.39, 0.29) is 5.91 Å². The molecule has 0 saturated carbocycles. The van der Waals surface area contributed by atoms with Crippen molar-refractivity contribution in [2.45, 2.75) is 6.61 Å². The van der Waals surface area contributed by atoms with Gasteiger partial charge in [0, 0.05) is 27.7 Å². The minimum Gasteiger partial charge on any atom is -0.488 e. The zero-order chi connectivity index (χ0) is 18.0. The Morgan fingerprint density at radius 3 is 2.76 bits per heavy atom. The molecule has 0 bridgehead atoms. The van der Waals surface area contributed by atoms with Crippen LogP contribution in [0, 0.1) is 0 Å². The molecule has 0 radical (unpaired) electrons. The first-order valence-corrected chi connectivity index (χ1v) is 9.72. The van der Waals surface area contributed by atoms with E-state index in [1.54, 1.807) is 13.1 Å². The molecule has 0 atom stereocenters. The Balaban J connectivity index is 1.88. The lowest BCUT2D eigenvalue weighted by molar-refractivity contribution is -0.121. The Hall–Kier alpha value is -1.34. The Kier molecular flexibility index (Phi) is 5.84. The molecular weight excluding hydrogens is 442 g/mol. The minimum absolute atomic E-state index is 0.105. The van der Waals surface area contributed by atoms with E-state index in [4.69, 9.17) is 28.6 Å². The van der Waals surface area contributed by atoms with E-state index >= 15 is 0 Å². The molecule has 0 spiro atoms. The van der Waals surface area contributed by atoms with Gasteiger partial charge in [0.15, 0.2) is 0 Å². The maximum atomic E-state index is 12.2. The Morgan fingerprint density at radius 2 is 2.08 bits per heavy atom. The second-order valence-electron chi connectivity index (χ2n) is 5.30. The Morgan fingerprint density at radius 1 is 1.32 bits per heavy atom. The predicted molar refractivity (Wildman–Crippen MR) is 111 cm³/mol. The van der Waals surface area contributed by atoms with Crippen LogP contribution in [-0.2, 0) is 11.4 Å². The topological polar surface area (TPSA) is 29.5 Å². The van der Waals surface area contributed by atoms with Crippen LogP contribution in [0.25, 0.3) is 6.08 Å². The first-order valence-electron chi connectivity index (χ1n) is 7.33. The molecule has 1 aliphatic rings. The molecule has 3 nitrogen and oxygen atoms in total. The van der Waals surface area contributed by atoms with Crippen molar-refractivity contribution in [1.29, 1.82) is 0 Å². The first-order chi connectivity index (χ1) is 12.0. The summed E-state index contributed by atoms with van der Waals surface area (Å²) in [5, 5.41) is 0.660. The molecule has 1 aliphatic heterocycles. The summed E-state index contributed by atoms with van der Waals surface area (Å²) in [6.07, 6.45) is 1.80. The van der Waals surface area contributed by atoms with Gasteiger partial charge in [-0.2, -0.15) is 0 Å². The molecule has 1 amide bonds. The van der Waals surface area contributed by atoms with Gasteiger partial charge in [0.05, 0.1) is 4.91 Å². The number of nitrogens with zero attached hydrogens (tertiary/aromatic N) is 1. The third-order valence-corrected chi connectivity index (χ3v) is 5.93. The zero-order valence-corrected chi connectivity index (χ0v) is 17.1. The third-order valence-electron chi connectivity index (χ3n) is 3.59. The van der Waals surface area contributed by atoms with Crippen molar-refractivity contribution >= 4 is 67.8 Å². The van der Waals surface area contributed by atoms with Crippen molar-refractivity contribution < 1.29 is 9.53 Å². The summed E-state index contributed by atoms with van der Waals surface area (Å²) < 4.78 is 7.39. The van der Waals surface area contributed by atoms with Crippen LogP contribution in [0.3, 0.4) is 0 Å². The van der Waals surface area contributed by atoms with Crippen LogP contribution < -0.4 is 4.74 Å². The zero-order valence-electron chi connectivity index (χ0n) is 13.2. The van der Waals surface area contributed by atoms with Crippen molar-refractivity contribution in [1.82, 2.24) is 4.90 Å². The molecule has 1 saturated heterocycles. The number of likely N-dealkylation sites (N-methyl/N-ethyl adjacent to an activating group) is 1. The number of amides is 1. The maximum Gasteiger partial charge on any atom is 0.265 e. The Labute approximate surface area is 169 Å². The van der Waals surface area contributed by atoms with Gasteiger partial charge in [0.1, 0.15) is 16.7 Å². The van der Waals surface area contributed by atoms with E-state index in [1.165, 1.54) is 16.7 Å². The van der Waals surface area contributed by atoms with E-state index in [0.717, 1.165) is 15.6 Å². The van der Waals surface area contributed by atoms with Gasteiger partial charge in [0.2, 0.25) is 0 Å². The van der Waals surface area contributed by atoms with E-state index in [2.05, 4.69) is 15.9 Å². The number of halogens is 2. The summed E-state index contributed by atoms with van der Waals surface area (Å²) in [6.45, 7) is 0.344. The lowest BCUT2D eigenvalue weighted by atomic mass is 10.1. The highest BCUT2D eigenvalue weighted by molar-refractivity contribution is 9.10. The molecular formula is C18H13BrClNO2S2. The number of hydrogen-bond acceptors (Lipinski definition) is 4. The normalized spacial score (nSPS) is 16.0. The van der Waals surface area contributed by atoms with Crippen molar-refractivity contribution in [3.63, 3.8) is 0 Å². The van der Waals surface area contributed by atoms with Crippen LogP contribution in [-0.4, -0.2) is 22.2 Å². The lowest BCUT2D eigenvalue weighted by Gasteiger charge is -2.11. The van der Waals surface area contributed by atoms with Crippen LogP contribution in [0.1, 0.15) is 11.1 Å². The average molecular weight is 455 g/mol. The summed E-state index contributed by atoms with van der Waals surface area (Å²) in [5.74, 6) is 0.566.